The maximum Gasteiger partial charge on any atom is 3.00 e. The molecular formula is C24H6F15LaO6. The first-order valence-corrected chi connectivity index (χ1v) is 10.7. The third-order valence-corrected chi connectivity index (χ3v) is 4.87. The van der Waals surface area contributed by atoms with Crippen LogP contribution in [0, 0.1) is 123 Å². The summed E-state index contributed by atoms with van der Waals surface area (Å²) in [7, 11) is 0. The van der Waals surface area contributed by atoms with Gasteiger partial charge in [-0.2, -0.15) is 0 Å². The standard InChI is InChI=1S/3C8H3F5O2.La/c3*9-4-2(1-3(14)15)5(10)7(12)8(13)6(4)11;/h3*1H2,(H,14,15);/q;;;+3/p-3. The normalized spacial score (nSPS) is 10.2. The number of aliphatic carboxylic acids is 3. The first-order chi connectivity index (χ1) is 20.6. The molecule has 0 saturated heterocycles. The van der Waals surface area contributed by atoms with E-state index in [0.717, 1.165) is 0 Å². The van der Waals surface area contributed by atoms with E-state index in [0.29, 0.717) is 0 Å². The van der Waals surface area contributed by atoms with Crippen LogP contribution in [0.25, 0.3) is 0 Å². The van der Waals surface area contributed by atoms with Crippen LogP contribution in [-0.2, 0) is 33.6 Å². The van der Waals surface area contributed by atoms with Gasteiger partial charge in [0.2, 0.25) is 17.5 Å². The molecule has 0 bridgehead atoms. The zero-order valence-electron chi connectivity index (χ0n) is 21.3. The Kier molecular flexibility index (Phi) is 15.8. The van der Waals surface area contributed by atoms with E-state index in [2.05, 4.69) is 0 Å². The summed E-state index contributed by atoms with van der Waals surface area (Å²) in [5.41, 5.74) is -4.23. The SMILES string of the molecule is O=C([O-])Cc1c(F)c(F)c(F)c(F)c1F.O=C([O-])Cc1c(F)c(F)c(F)c(F)c1F.O=C([O-])Cc1c(F)c(F)c(F)c(F)c1F.[La+3]. The average molecular weight is 814 g/mol. The Labute approximate surface area is 271 Å². The average Bonchev–Trinajstić information content (AvgIpc) is 2.98. The van der Waals surface area contributed by atoms with Crippen LogP contribution in [-0.4, -0.2) is 17.9 Å². The molecule has 0 N–H and O–H groups in total. The summed E-state index contributed by atoms with van der Waals surface area (Å²) >= 11 is 0. The minimum absolute atomic E-state index is 0. The summed E-state index contributed by atoms with van der Waals surface area (Å²) in [6.07, 6.45) is -4.15. The van der Waals surface area contributed by atoms with E-state index in [9.17, 15) is 95.6 Å². The van der Waals surface area contributed by atoms with Crippen molar-refractivity contribution in [3.8, 4) is 0 Å². The monoisotopic (exact) mass is 814 g/mol. The molecule has 6 nitrogen and oxygen atoms in total. The minimum Gasteiger partial charge on any atom is -0.550 e. The number of carbonyl (C=O) groups excluding carboxylic acids is 3. The van der Waals surface area contributed by atoms with Crippen LogP contribution in [0.5, 0.6) is 0 Å². The molecule has 0 fully saturated rings. The first-order valence-electron chi connectivity index (χ1n) is 10.7. The summed E-state index contributed by atoms with van der Waals surface area (Å²) in [5.74, 6) is -38.8. The Hall–Kier alpha value is -3.79. The Bertz CT molecular complexity index is 1400. The zero-order chi connectivity index (χ0) is 35.2. The summed E-state index contributed by atoms with van der Waals surface area (Å²) in [5, 5.41) is 30.0. The number of carbonyl (C=O) groups is 3. The number of carboxylic acids is 3. The molecule has 0 aliphatic rings. The van der Waals surface area contributed by atoms with Crippen LogP contribution < -0.4 is 15.3 Å². The van der Waals surface area contributed by atoms with E-state index < -0.39 is 141 Å². The van der Waals surface area contributed by atoms with Crippen molar-refractivity contribution in [2.24, 2.45) is 0 Å². The number of rotatable bonds is 6. The molecule has 0 saturated carbocycles. The van der Waals surface area contributed by atoms with Crippen LogP contribution in [0.3, 0.4) is 0 Å². The number of hydrogen-bond donors (Lipinski definition) is 0. The number of carboxylic acid groups (broad SMARTS) is 3. The quantitative estimate of drug-likeness (QED) is 0.214. The van der Waals surface area contributed by atoms with E-state index in [4.69, 9.17) is 0 Å². The molecule has 46 heavy (non-hydrogen) atoms. The van der Waals surface area contributed by atoms with Gasteiger partial charge in [-0.1, -0.05) is 0 Å². The molecule has 0 aliphatic carbocycles. The third kappa shape index (κ3) is 9.61. The molecular weight excluding hydrogens is 808 g/mol. The van der Waals surface area contributed by atoms with E-state index in [1.165, 1.54) is 0 Å². The molecule has 0 heterocycles. The van der Waals surface area contributed by atoms with Crippen LogP contribution in [0.1, 0.15) is 16.7 Å². The van der Waals surface area contributed by atoms with Crippen molar-refractivity contribution < 1.29 is 131 Å². The molecule has 0 aliphatic heterocycles. The Morgan fingerprint density at radius 2 is 0.413 bits per heavy atom. The van der Waals surface area contributed by atoms with E-state index in [1.807, 2.05) is 0 Å². The summed E-state index contributed by atoms with van der Waals surface area (Å²) in [4.78, 5) is 30.0. The van der Waals surface area contributed by atoms with Crippen molar-refractivity contribution in [3.05, 3.63) is 104 Å². The molecule has 0 spiro atoms. The molecule has 0 aromatic heterocycles. The molecule has 0 amide bonds. The molecule has 3 rings (SSSR count). The van der Waals surface area contributed by atoms with Crippen molar-refractivity contribution >= 4 is 17.9 Å². The predicted octanol–water partition coefficient (Wildman–Crippen LogP) is 2.02. The fourth-order valence-corrected chi connectivity index (χ4v) is 2.85. The van der Waals surface area contributed by atoms with Crippen molar-refractivity contribution in [1.29, 1.82) is 0 Å². The number of halogens is 15. The smallest absolute Gasteiger partial charge is 0.550 e. The van der Waals surface area contributed by atoms with Gasteiger partial charge < -0.3 is 29.7 Å². The fourth-order valence-electron chi connectivity index (χ4n) is 2.85. The first kappa shape index (κ1) is 42.2. The zero-order valence-corrected chi connectivity index (χ0v) is 24.9. The second-order valence-corrected chi connectivity index (χ2v) is 7.79. The Balaban J connectivity index is 0.000000653. The molecule has 246 valence electrons. The van der Waals surface area contributed by atoms with Gasteiger partial charge in [-0.3, -0.25) is 0 Å². The molecule has 0 radical (unpaired) electrons. The third-order valence-electron chi connectivity index (χ3n) is 4.87. The van der Waals surface area contributed by atoms with Gasteiger partial charge in [0.15, 0.2) is 69.8 Å². The molecule has 3 aromatic rings. The predicted molar refractivity (Wildman–Crippen MR) is 105 cm³/mol. The van der Waals surface area contributed by atoms with Crippen molar-refractivity contribution in [2.75, 3.05) is 0 Å². The topological polar surface area (TPSA) is 120 Å². The van der Waals surface area contributed by atoms with E-state index in [-0.39, 0.29) is 35.6 Å². The van der Waals surface area contributed by atoms with Gasteiger partial charge in [-0.25, -0.2) is 65.9 Å². The van der Waals surface area contributed by atoms with Gasteiger partial charge in [-0.05, 0) is 0 Å². The number of hydrogen-bond acceptors (Lipinski definition) is 6. The van der Waals surface area contributed by atoms with E-state index in [1.54, 1.807) is 0 Å². The van der Waals surface area contributed by atoms with Gasteiger partial charge >= 0.3 is 35.6 Å². The van der Waals surface area contributed by atoms with Gasteiger partial charge in [0.1, 0.15) is 0 Å². The largest absolute Gasteiger partial charge is 3.00 e. The van der Waals surface area contributed by atoms with Crippen LogP contribution in [0.2, 0.25) is 0 Å². The second kappa shape index (κ2) is 17.2. The van der Waals surface area contributed by atoms with Gasteiger partial charge in [0.25, 0.3) is 0 Å². The Morgan fingerprint density at radius 1 is 0.304 bits per heavy atom. The summed E-state index contributed by atoms with van der Waals surface area (Å²) in [6.45, 7) is 0. The van der Waals surface area contributed by atoms with Gasteiger partial charge in [-0.15, -0.1) is 0 Å². The minimum atomic E-state index is -2.33. The molecule has 3 aromatic carbocycles. The maximum absolute atomic E-state index is 12.8. The maximum atomic E-state index is 12.8. The number of benzene rings is 3. The van der Waals surface area contributed by atoms with Gasteiger partial charge in [0, 0.05) is 53.9 Å². The van der Waals surface area contributed by atoms with Gasteiger partial charge in [0.05, 0.1) is 0 Å². The molecule has 0 atom stereocenters. The molecule has 22 heteroatoms. The van der Waals surface area contributed by atoms with E-state index >= 15 is 0 Å². The Morgan fingerprint density at radius 3 is 0.522 bits per heavy atom. The summed E-state index contributed by atoms with van der Waals surface area (Å²) in [6, 6.07) is 0. The van der Waals surface area contributed by atoms with Crippen molar-refractivity contribution in [3.63, 3.8) is 0 Å². The molecule has 0 unspecified atom stereocenters. The van der Waals surface area contributed by atoms with Crippen LogP contribution >= 0.6 is 0 Å². The fraction of sp³-hybridized carbons (Fsp3) is 0.125. The van der Waals surface area contributed by atoms with Crippen molar-refractivity contribution in [2.45, 2.75) is 19.3 Å². The second-order valence-electron chi connectivity index (χ2n) is 7.79. The summed E-state index contributed by atoms with van der Waals surface area (Å²) < 4.78 is 189. The van der Waals surface area contributed by atoms with Crippen molar-refractivity contribution in [1.82, 2.24) is 0 Å². The van der Waals surface area contributed by atoms with Crippen LogP contribution in [0.15, 0.2) is 0 Å². The van der Waals surface area contributed by atoms with Crippen LogP contribution in [0.4, 0.5) is 65.9 Å².